The van der Waals surface area contributed by atoms with Crippen LogP contribution in [-0.4, -0.2) is 25.2 Å². The zero-order chi connectivity index (χ0) is 14.2. The average Bonchev–Trinajstić information content (AvgIpc) is 2.98. The maximum absolute atomic E-state index is 11.6. The smallest absolute Gasteiger partial charge is 0.281 e. The molecular weight excluding hydrogens is 258 g/mol. The van der Waals surface area contributed by atoms with Crippen LogP contribution < -0.4 is 15.0 Å². The van der Waals surface area contributed by atoms with Gasteiger partial charge >= 0.3 is 0 Å². The number of carbonyl (C=O) groups is 1. The maximum atomic E-state index is 11.6. The molecule has 1 aliphatic carbocycles. The molecule has 1 amide bonds. The van der Waals surface area contributed by atoms with Crippen molar-refractivity contribution in [3.05, 3.63) is 24.3 Å². The van der Waals surface area contributed by atoms with Gasteiger partial charge < -0.3 is 9.47 Å². The summed E-state index contributed by atoms with van der Waals surface area (Å²) in [5.41, 5.74) is 2.44. The predicted octanol–water partition coefficient (Wildman–Crippen LogP) is 2.45. The zero-order valence-corrected chi connectivity index (χ0v) is 11.8. The molecule has 1 aromatic rings. The standard InChI is InChI=1S/C15H21NO4/c1-2-18-12-7-9-13(10-8-12)19-11-15(17)16-20-14-5-3-4-6-14/h7-10,14H,2-6,11H2,1H3,(H,16,17). The van der Waals surface area contributed by atoms with Crippen molar-refractivity contribution in [2.24, 2.45) is 0 Å². The molecule has 0 bridgehead atoms. The zero-order valence-electron chi connectivity index (χ0n) is 11.8. The molecular formula is C15H21NO4. The second-order valence-corrected chi connectivity index (χ2v) is 4.74. The van der Waals surface area contributed by atoms with Crippen LogP contribution in [0.3, 0.4) is 0 Å². The Morgan fingerprint density at radius 3 is 2.35 bits per heavy atom. The third kappa shape index (κ3) is 4.74. The monoisotopic (exact) mass is 279 g/mol. The number of rotatable bonds is 7. The van der Waals surface area contributed by atoms with Crippen molar-refractivity contribution in [2.75, 3.05) is 13.2 Å². The molecule has 0 atom stereocenters. The highest BCUT2D eigenvalue weighted by Gasteiger charge is 2.16. The Hall–Kier alpha value is -1.75. The lowest BCUT2D eigenvalue weighted by molar-refractivity contribution is -0.140. The third-order valence-corrected chi connectivity index (χ3v) is 3.15. The first-order valence-corrected chi connectivity index (χ1v) is 7.08. The fourth-order valence-electron chi connectivity index (χ4n) is 2.13. The summed E-state index contributed by atoms with van der Waals surface area (Å²) in [6.07, 6.45) is 4.52. The van der Waals surface area contributed by atoms with Gasteiger partial charge in [-0.2, -0.15) is 0 Å². The van der Waals surface area contributed by atoms with E-state index in [0.29, 0.717) is 12.4 Å². The second-order valence-electron chi connectivity index (χ2n) is 4.74. The molecule has 0 saturated heterocycles. The van der Waals surface area contributed by atoms with Crippen LogP contribution in [0.1, 0.15) is 32.6 Å². The molecule has 2 rings (SSSR count). The number of hydrogen-bond donors (Lipinski definition) is 1. The Morgan fingerprint density at radius 1 is 1.15 bits per heavy atom. The summed E-state index contributed by atoms with van der Waals surface area (Å²) in [6, 6.07) is 7.17. The minimum Gasteiger partial charge on any atom is -0.494 e. The van der Waals surface area contributed by atoms with E-state index in [4.69, 9.17) is 14.3 Å². The van der Waals surface area contributed by atoms with E-state index in [0.717, 1.165) is 18.6 Å². The quantitative estimate of drug-likeness (QED) is 0.779. The molecule has 0 spiro atoms. The lowest BCUT2D eigenvalue weighted by Crippen LogP contribution is -2.32. The number of carbonyl (C=O) groups excluding carboxylic acids is 1. The van der Waals surface area contributed by atoms with Gasteiger partial charge in [0.2, 0.25) is 0 Å². The Balaban J connectivity index is 1.66. The van der Waals surface area contributed by atoms with E-state index in [1.807, 2.05) is 19.1 Å². The maximum Gasteiger partial charge on any atom is 0.281 e. The fourth-order valence-corrected chi connectivity index (χ4v) is 2.13. The molecule has 5 heteroatoms. The molecule has 1 aromatic carbocycles. The number of hydroxylamine groups is 1. The number of benzene rings is 1. The molecule has 110 valence electrons. The van der Waals surface area contributed by atoms with E-state index in [-0.39, 0.29) is 18.6 Å². The van der Waals surface area contributed by atoms with Crippen molar-refractivity contribution in [3.63, 3.8) is 0 Å². The van der Waals surface area contributed by atoms with Gasteiger partial charge in [0, 0.05) is 0 Å². The lowest BCUT2D eigenvalue weighted by Gasteiger charge is -2.12. The SMILES string of the molecule is CCOc1ccc(OCC(=O)NOC2CCCC2)cc1. The molecule has 0 aromatic heterocycles. The molecule has 5 nitrogen and oxygen atoms in total. The summed E-state index contributed by atoms with van der Waals surface area (Å²) in [6.45, 7) is 2.50. The van der Waals surface area contributed by atoms with Gasteiger partial charge in [-0.25, -0.2) is 5.48 Å². The largest absolute Gasteiger partial charge is 0.494 e. The van der Waals surface area contributed by atoms with Crippen molar-refractivity contribution in [1.29, 1.82) is 0 Å². The topological polar surface area (TPSA) is 56.8 Å². The lowest BCUT2D eigenvalue weighted by atomic mass is 10.3. The fraction of sp³-hybridized carbons (Fsp3) is 0.533. The highest BCUT2D eigenvalue weighted by molar-refractivity contribution is 5.76. The molecule has 0 heterocycles. The summed E-state index contributed by atoms with van der Waals surface area (Å²) < 4.78 is 10.7. The van der Waals surface area contributed by atoms with Crippen LogP contribution in [0.5, 0.6) is 11.5 Å². The molecule has 20 heavy (non-hydrogen) atoms. The van der Waals surface area contributed by atoms with Crippen molar-refractivity contribution in [3.8, 4) is 11.5 Å². The van der Waals surface area contributed by atoms with Gasteiger partial charge in [0.05, 0.1) is 12.7 Å². The van der Waals surface area contributed by atoms with Crippen LogP contribution in [0.15, 0.2) is 24.3 Å². The highest BCUT2D eigenvalue weighted by Crippen LogP contribution is 2.20. The molecule has 1 aliphatic rings. The van der Waals surface area contributed by atoms with Crippen molar-refractivity contribution in [2.45, 2.75) is 38.7 Å². The number of ether oxygens (including phenoxy) is 2. The molecule has 0 unspecified atom stereocenters. The van der Waals surface area contributed by atoms with E-state index in [1.165, 1.54) is 12.8 Å². The van der Waals surface area contributed by atoms with Gasteiger partial charge in [-0.3, -0.25) is 9.63 Å². The Kier molecular flexibility index (Phi) is 5.68. The normalized spacial score (nSPS) is 15.1. The van der Waals surface area contributed by atoms with Gasteiger partial charge in [0.15, 0.2) is 6.61 Å². The van der Waals surface area contributed by atoms with E-state index >= 15 is 0 Å². The van der Waals surface area contributed by atoms with E-state index < -0.39 is 0 Å². The van der Waals surface area contributed by atoms with Crippen LogP contribution in [0.4, 0.5) is 0 Å². The van der Waals surface area contributed by atoms with Crippen molar-refractivity contribution in [1.82, 2.24) is 5.48 Å². The molecule has 0 radical (unpaired) electrons. The van der Waals surface area contributed by atoms with Crippen LogP contribution in [-0.2, 0) is 9.63 Å². The van der Waals surface area contributed by atoms with Crippen LogP contribution >= 0.6 is 0 Å². The first kappa shape index (κ1) is 14.7. The molecule has 1 N–H and O–H groups in total. The Morgan fingerprint density at radius 2 is 1.75 bits per heavy atom. The number of hydrogen-bond acceptors (Lipinski definition) is 4. The van der Waals surface area contributed by atoms with Gasteiger partial charge in [-0.05, 0) is 44.0 Å². The molecule has 1 fully saturated rings. The summed E-state index contributed by atoms with van der Waals surface area (Å²) in [4.78, 5) is 16.9. The highest BCUT2D eigenvalue weighted by atomic mass is 16.7. The van der Waals surface area contributed by atoms with Crippen molar-refractivity contribution < 1.29 is 19.1 Å². The van der Waals surface area contributed by atoms with Gasteiger partial charge in [-0.15, -0.1) is 0 Å². The van der Waals surface area contributed by atoms with E-state index in [2.05, 4.69) is 5.48 Å². The minimum absolute atomic E-state index is 0.0549. The van der Waals surface area contributed by atoms with E-state index in [9.17, 15) is 4.79 Å². The Labute approximate surface area is 119 Å². The van der Waals surface area contributed by atoms with Crippen LogP contribution in [0.2, 0.25) is 0 Å². The Bertz CT molecular complexity index is 412. The van der Waals surface area contributed by atoms with Crippen LogP contribution in [0.25, 0.3) is 0 Å². The summed E-state index contributed by atoms with van der Waals surface area (Å²) in [7, 11) is 0. The minimum atomic E-state index is -0.272. The summed E-state index contributed by atoms with van der Waals surface area (Å²) in [5, 5.41) is 0. The molecule has 0 aliphatic heterocycles. The van der Waals surface area contributed by atoms with Gasteiger partial charge in [-0.1, -0.05) is 12.8 Å². The first-order chi connectivity index (χ1) is 9.78. The van der Waals surface area contributed by atoms with Gasteiger partial charge in [0.25, 0.3) is 5.91 Å². The number of nitrogens with one attached hydrogen (secondary N) is 1. The summed E-state index contributed by atoms with van der Waals surface area (Å²) in [5.74, 6) is 1.14. The van der Waals surface area contributed by atoms with Crippen LogP contribution in [0, 0.1) is 0 Å². The van der Waals surface area contributed by atoms with Crippen molar-refractivity contribution >= 4 is 5.91 Å². The van der Waals surface area contributed by atoms with Gasteiger partial charge in [0.1, 0.15) is 11.5 Å². The molecule has 1 saturated carbocycles. The second kappa shape index (κ2) is 7.75. The van der Waals surface area contributed by atoms with E-state index in [1.54, 1.807) is 12.1 Å². The third-order valence-electron chi connectivity index (χ3n) is 3.15. The average molecular weight is 279 g/mol. The first-order valence-electron chi connectivity index (χ1n) is 7.08. The number of amides is 1. The predicted molar refractivity (Wildman–Crippen MR) is 74.6 cm³/mol. The summed E-state index contributed by atoms with van der Waals surface area (Å²) >= 11 is 0.